The second-order valence-corrected chi connectivity index (χ2v) is 13.3. The van der Waals surface area contributed by atoms with Gasteiger partial charge in [0.25, 0.3) is 0 Å². The van der Waals surface area contributed by atoms with E-state index in [1.807, 2.05) is 0 Å². The molecule has 2 fully saturated rings. The molecule has 6 amide bonds. The van der Waals surface area contributed by atoms with Crippen molar-refractivity contribution in [2.45, 2.75) is 82.1 Å². The Labute approximate surface area is 322 Å². The van der Waals surface area contributed by atoms with Crippen molar-refractivity contribution in [3.63, 3.8) is 0 Å². The lowest BCUT2D eigenvalue weighted by molar-refractivity contribution is -0.141. The van der Waals surface area contributed by atoms with Crippen molar-refractivity contribution in [1.82, 2.24) is 45.3 Å². The number of aliphatic imine (C=N–C) groups is 2. The Bertz CT molecular complexity index is 1850. The van der Waals surface area contributed by atoms with E-state index in [1.165, 1.54) is 26.8 Å². The average molecular weight is 782 g/mol. The van der Waals surface area contributed by atoms with E-state index in [9.17, 15) is 28.8 Å². The highest BCUT2D eigenvalue weighted by Gasteiger charge is 2.38. The lowest BCUT2D eigenvalue weighted by Gasteiger charge is -2.28. The number of imidazole rings is 1. The Balaban J connectivity index is 1.41. The minimum atomic E-state index is -1.14. The minimum Gasteiger partial charge on any atom is -0.370 e. The zero-order chi connectivity index (χ0) is 40.9. The van der Waals surface area contributed by atoms with Gasteiger partial charge in [-0.15, -0.1) is 0 Å². The third-order valence-corrected chi connectivity index (χ3v) is 9.33. The number of hydrogen-bond donors (Lipinski definition) is 9. The summed E-state index contributed by atoms with van der Waals surface area (Å²) in [5.74, 6) is -3.81. The molecule has 4 atom stereocenters. The summed E-state index contributed by atoms with van der Waals surface area (Å²) in [5, 5.41) is 7.88. The Morgan fingerprint density at radius 2 is 1.50 bits per heavy atom. The predicted octanol–water partition coefficient (Wildman–Crippen LogP) is -4.29. The molecule has 2 aromatic heterocycles. The molecule has 2 aliphatic heterocycles. The number of nitrogens with zero attached hydrogens (tertiary/aromatic N) is 8. The second-order valence-electron chi connectivity index (χ2n) is 13.3. The summed E-state index contributed by atoms with van der Waals surface area (Å²) in [7, 11) is 0. The fourth-order valence-corrected chi connectivity index (χ4v) is 6.68. The monoisotopic (exact) mass is 781 g/mol. The quantitative estimate of drug-likeness (QED) is 0.0370. The summed E-state index contributed by atoms with van der Waals surface area (Å²) < 4.78 is 1.50. The number of nitrogens with two attached hydrogens (primary N) is 6. The predicted molar refractivity (Wildman–Crippen MR) is 205 cm³/mol. The van der Waals surface area contributed by atoms with Gasteiger partial charge >= 0.3 is 0 Å². The van der Waals surface area contributed by atoms with Gasteiger partial charge in [0.2, 0.25) is 41.4 Å². The van der Waals surface area contributed by atoms with Gasteiger partial charge in [0.05, 0.1) is 18.6 Å². The normalized spacial score (nSPS) is 17.4. The molecule has 2 aliphatic rings. The van der Waals surface area contributed by atoms with Crippen LogP contribution in [0.25, 0.3) is 17.2 Å². The van der Waals surface area contributed by atoms with Crippen LogP contribution in [0.4, 0.5) is 5.95 Å². The third kappa shape index (κ3) is 11.2. The molecule has 0 saturated carbocycles. The summed E-state index contributed by atoms with van der Waals surface area (Å²) in [6.45, 7) is 3.89. The van der Waals surface area contributed by atoms with E-state index >= 15 is 0 Å². The van der Waals surface area contributed by atoms with E-state index < -0.39 is 60.2 Å². The highest BCUT2D eigenvalue weighted by atomic mass is 16.2. The van der Waals surface area contributed by atoms with Gasteiger partial charge < -0.3 is 64.7 Å². The lowest BCUT2D eigenvalue weighted by Crippen LogP contribution is -2.56. The van der Waals surface area contributed by atoms with E-state index in [1.54, 1.807) is 0 Å². The maximum Gasteiger partial charge on any atom is 0.245 e. The Hall–Kier alpha value is -6.55. The largest absolute Gasteiger partial charge is 0.370 e. The molecule has 15 N–H and O–H groups in total. The number of carbonyl (C=O) groups is 6. The maximum atomic E-state index is 13.7. The molecule has 0 aromatic carbocycles. The number of fused-ring (bicyclic) bond motifs is 1. The van der Waals surface area contributed by atoms with Crippen molar-refractivity contribution < 1.29 is 28.8 Å². The van der Waals surface area contributed by atoms with Crippen LogP contribution in [0.5, 0.6) is 0 Å². The molecule has 23 nitrogen and oxygen atoms in total. The van der Waals surface area contributed by atoms with Gasteiger partial charge in [0.1, 0.15) is 36.2 Å². The molecule has 4 heterocycles. The van der Waals surface area contributed by atoms with Gasteiger partial charge in [-0.05, 0) is 57.4 Å². The van der Waals surface area contributed by atoms with Gasteiger partial charge in [-0.2, -0.15) is 4.98 Å². The molecular weight excluding hydrogens is 730 g/mol. The summed E-state index contributed by atoms with van der Waals surface area (Å²) in [6.07, 6.45) is 5.57. The van der Waals surface area contributed by atoms with Crippen molar-refractivity contribution in [1.29, 1.82) is 0 Å². The summed E-state index contributed by atoms with van der Waals surface area (Å²) in [4.78, 5) is 103. The first-order valence-corrected chi connectivity index (χ1v) is 18.2. The van der Waals surface area contributed by atoms with Crippen molar-refractivity contribution in [2.24, 2.45) is 38.7 Å². The molecule has 23 heteroatoms. The third-order valence-electron chi connectivity index (χ3n) is 9.33. The number of rotatable bonds is 19. The number of hydrogen-bond acceptors (Lipinski definition) is 12. The van der Waals surface area contributed by atoms with E-state index in [0.717, 1.165) is 0 Å². The van der Waals surface area contributed by atoms with Crippen LogP contribution in [0.2, 0.25) is 0 Å². The number of anilines is 1. The van der Waals surface area contributed by atoms with Gasteiger partial charge in [-0.3, -0.25) is 38.8 Å². The first-order valence-electron chi connectivity index (χ1n) is 18.2. The average Bonchev–Trinajstić information content (AvgIpc) is 3.93. The van der Waals surface area contributed by atoms with Crippen LogP contribution in [0.1, 0.15) is 57.1 Å². The maximum absolute atomic E-state index is 13.7. The van der Waals surface area contributed by atoms with Crippen molar-refractivity contribution in [2.75, 3.05) is 38.5 Å². The standard InChI is InChI=1S/C33H51N17O6/c1-2-18-25-27(47-33(39)46-18)48(17-43-25)16-24(52)49-13-6-10-22(49)29(55)45-19(7-3-11-40-31(35)36)28(54)42-15-23(51)44-20(8-4-12-41-32(37)38)30(56)50-14-5-9-21(50)26(34)53/h2,17,19-22H,1,3-16H2,(H2,34,53)(H,42,54)(H,44,51)(H,45,55)(H4,35,36,40)(H4,37,38,41)(H2,39,46,47)/t19-,20-,21-,22-/m0/s1. The minimum absolute atomic E-state index is 0.0186. The molecular formula is C33H51N17O6. The first kappa shape index (κ1) is 42.2. The number of primary amides is 1. The highest BCUT2D eigenvalue weighted by Crippen LogP contribution is 2.22. The van der Waals surface area contributed by atoms with Gasteiger partial charge in [0, 0.05) is 26.2 Å². The van der Waals surface area contributed by atoms with Gasteiger partial charge in [-0.25, -0.2) is 9.97 Å². The highest BCUT2D eigenvalue weighted by molar-refractivity contribution is 5.95. The molecule has 0 aliphatic carbocycles. The fraction of sp³-hybridized carbons (Fsp3) is 0.545. The van der Waals surface area contributed by atoms with Crippen LogP contribution >= 0.6 is 0 Å². The smallest absolute Gasteiger partial charge is 0.245 e. The molecule has 304 valence electrons. The molecule has 0 spiro atoms. The van der Waals surface area contributed by atoms with Crippen molar-refractivity contribution >= 4 is 70.6 Å². The summed E-state index contributed by atoms with van der Waals surface area (Å²) >= 11 is 0. The Kier molecular flexibility index (Phi) is 14.8. The van der Waals surface area contributed by atoms with E-state index in [0.29, 0.717) is 55.5 Å². The van der Waals surface area contributed by atoms with Gasteiger partial charge in [-0.1, -0.05) is 6.58 Å². The first-order chi connectivity index (χ1) is 26.7. The molecule has 56 heavy (non-hydrogen) atoms. The van der Waals surface area contributed by atoms with E-state index in [2.05, 4.69) is 47.5 Å². The van der Waals surface area contributed by atoms with Crippen LogP contribution in [-0.4, -0.2) is 134 Å². The van der Waals surface area contributed by atoms with Crippen LogP contribution < -0.4 is 50.4 Å². The molecule has 4 rings (SSSR count). The zero-order valence-corrected chi connectivity index (χ0v) is 31.1. The molecule has 2 aromatic rings. The number of nitrogens with one attached hydrogen (secondary N) is 3. The fourth-order valence-electron chi connectivity index (χ4n) is 6.68. The number of carbonyl (C=O) groups excluding carboxylic acids is 6. The summed E-state index contributed by atoms with van der Waals surface area (Å²) in [6, 6.07) is -3.91. The van der Waals surface area contributed by atoms with Crippen molar-refractivity contribution in [3.8, 4) is 0 Å². The topological polar surface area (TPSA) is 369 Å². The van der Waals surface area contributed by atoms with Crippen LogP contribution in [-0.2, 0) is 35.3 Å². The van der Waals surface area contributed by atoms with E-state index in [4.69, 9.17) is 34.4 Å². The summed E-state index contributed by atoms with van der Waals surface area (Å²) in [5.41, 5.74) is 34.2. The number of aromatic nitrogens is 4. The lowest BCUT2D eigenvalue weighted by atomic mass is 10.1. The van der Waals surface area contributed by atoms with Crippen molar-refractivity contribution in [3.05, 3.63) is 18.6 Å². The molecule has 0 radical (unpaired) electrons. The molecule has 2 saturated heterocycles. The van der Waals surface area contributed by atoms with Crippen LogP contribution in [0, 0.1) is 0 Å². The van der Waals surface area contributed by atoms with E-state index in [-0.39, 0.29) is 69.2 Å². The molecule has 0 unspecified atom stereocenters. The number of likely N-dealkylation sites (tertiary alicyclic amines) is 2. The van der Waals surface area contributed by atoms with Crippen LogP contribution in [0.15, 0.2) is 22.9 Å². The Morgan fingerprint density at radius 3 is 2.12 bits per heavy atom. The number of guanidine groups is 2. The second kappa shape index (κ2) is 19.7. The van der Waals surface area contributed by atoms with Gasteiger partial charge in [0.15, 0.2) is 17.6 Å². The SMILES string of the molecule is C=Cc1nc(N)nc2c1ncn2CC(=O)N1CCC[C@H]1C(=O)N[C@@H](CCCN=C(N)N)C(=O)NCC(=O)N[C@@H](CCCN=C(N)N)C(=O)N1CCC[C@H]1C(N)=O. The van der Waals surface area contributed by atoms with Crippen LogP contribution in [0.3, 0.4) is 0 Å². The Morgan fingerprint density at radius 1 is 0.875 bits per heavy atom. The zero-order valence-electron chi connectivity index (χ0n) is 31.1. The molecule has 0 bridgehead atoms. The number of amides is 6. The number of nitrogen functional groups attached to an aromatic ring is 1.